The molecule has 0 spiro atoms. The van der Waals surface area contributed by atoms with Crippen LogP contribution in [0.25, 0.3) is 10.9 Å². The summed E-state index contributed by atoms with van der Waals surface area (Å²) in [6.07, 6.45) is 3.47. The lowest BCUT2D eigenvalue weighted by Gasteiger charge is -2.18. The predicted molar refractivity (Wildman–Crippen MR) is 103 cm³/mol. The van der Waals surface area contributed by atoms with Crippen molar-refractivity contribution >= 4 is 18.9 Å². The Hall–Kier alpha value is -3.27. The molecule has 128 valence electrons. The van der Waals surface area contributed by atoms with E-state index in [9.17, 15) is 4.79 Å². The molecule has 0 unspecified atom stereocenters. The SMILES string of the molecule is [B]n1c([C@H](C)NC(=C)C)nc2cccc(C#Cc3cnn(C)c3)c2c1=O. The molecule has 0 bridgehead atoms. The molecule has 1 atom stereocenters. The first-order valence-corrected chi connectivity index (χ1v) is 8.10. The summed E-state index contributed by atoms with van der Waals surface area (Å²) in [6, 6.07) is 5.14. The minimum Gasteiger partial charge on any atom is -0.379 e. The molecule has 0 aliphatic carbocycles. The van der Waals surface area contributed by atoms with Crippen LogP contribution in [0.3, 0.4) is 0 Å². The van der Waals surface area contributed by atoms with Crippen LogP contribution < -0.4 is 10.9 Å². The average molecular weight is 343 g/mol. The first kappa shape index (κ1) is 17.6. The van der Waals surface area contributed by atoms with Crippen LogP contribution >= 0.6 is 0 Å². The lowest BCUT2D eigenvalue weighted by molar-refractivity contribution is 0.605. The molecule has 0 saturated carbocycles. The fraction of sp³-hybridized carbons (Fsp3) is 0.211. The van der Waals surface area contributed by atoms with Crippen molar-refractivity contribution in [3.05, 3.63) is 70.2 Å². The van der Waals surface area contributed by atoms with Crippen molar-refractivity contribution in [1.29, 1.82) is 0 Å². The second kappa shape index (κ2) is 6.92. The topological polar surface area (TPSA) is 64.7 Å². The predicted octanol–water partition coefficient (Wildman–Crippen LogP) is 1.65. The third kappa shape index (κ3) is 3.40. The fourth-order valence-electron chi connectivity index (χ4n) is 2.73. The molecule has 1 N–H and O–H groups in total. The van der Waals surface area contributed by atoms with Gasteiger partial charge >= 0.3 is 0 Å². The summed E-state index contributed by atoms with van der Waals surface area (Å²) in [5, 5.41) is 7.60. The van der Waals surface area contributed by atoms with Gasteiger partial charge in [-0.3, -0.25) is 9.48 Å². The summed E-state index contributed by atoms with van der Waals surface area (Å²) in [4.78, 5) is 17.4. The van der Waals surface area contributed by atoms with Crippen molar-refractivity contribution in [2.75, 3.05) is 0 Å². The minimum atomic E-state index is -0.337. The van der Waals surface area contributed by atoms with Gasteiger partial charge in [-0.25, -0.2) is 4.98 Å². The lowest BCUT2D eigenvalue weighted by atomic mass is 10.1. The van der Waals surface area contributed by atoms with Crippen molar-refractivity contribution in [3.63, 3.8) is 0 Å². The van der Waals surface area contributed by atoms with Gasteiger partial charge in [0.1, 0.15) is 5.82 Å². The first-order valence-electron chi connectivity index (χ1n) is 8.10. The highest BCUT2D eigenvalue weighted by atomic mass is 16.1. The van der Waals surface area contributed by atoms with Gasteiger partial charge in [-0.1, -0.05) is 24.5 Å². The van der Waals surface area contributed by atoms with Gasteiger partial charge < -0.3 is 9.79 Å². The Morgan fingerprint density at radius 1 is 1.38 bits per heavy atom. The van der Waals surface area contributed by atoms with E-state index in [-0.39, 0.29) is 11.6 Å². The number of allylic oxidation sites excluding steroid dienone is 1. The van der Waals surface area contributed by atoms with E-state index in [0.29, 0.717) is 22.3 Å². The van der Waals surface area contributed by atoms with Crippen molar-refractivity contribution in [2.45, 2.75) is 19.9 Å². The van der Waals surface area contributed by atoms with Crippen LogP contribution in [-0.2, 0) is 7.05 Å². The Kier molecular flexibility index (Phi) is 4.68. The highest BCUT2D eigenvalue weighted by Crippen LogP contribution is 2.16. The molecule has 6 nitrogen and oxygen atoms in total. The molecule has 26 heavy (non-hydrogen) atoms. The Morgan fingerprint density at radius 2 is 2.15 bits per heavy atom. The summed E-state index contributed by atoms with van der Waals surface area (Å²) >= 11 is 0. The molecule has 0 aliphatic rings. The summed E-state index contributed by atoms with van der Waals surface area (Å²) in [5.74, 6) is 6.47. The molecule has 3 aromatic rings. The number of fused-ring (bicyclic) bond motifs is 1. The standard InChI is InChI=1S/C19H18BN5O/c1-12(2)22-13(3)18-23-16-7-5-6-15(17(16)19(26)25(18)20)9-8-14-10-21-24(4)11-14/h5-7,10-11,13,22H,1H2,2-4H3/t13-/m0/s1. The van der Waals surface area contributed by atoms with Crippen LogP contribution in [0.2, 0.25) is 0 Å². The molecular weight excluding hydrogens is 325 g/mol. The minimum absolute atomic E-state index is 0.250. The fourth-order valence-corrected chi connectivity index (χ4v) is 2.73. The van der Waals surface area contributed by atoms with Crippen LogP contribution in [0.15, 0.2) is 47.7 Å². The highest BCUT2D eigenvalue weighted by Gasteiger charge is 2.15. The van der Waals surface area contributed by atoms with Gasteiger partial charge in [-0.2, -0.15) is 5.10 Å². The van der Waals surface area contributed by atoms with Crippen molar-refractivity contribution in [1.82, 2.24) is 24.6 Å². The Morgan fingerprint density at radius 3 is 2.81 bits per heavy atom. The molecule has 3 rings (SSSR count). The third-order valence-electron chi connectivity index (χ3n) is 3.85. The molecule has 2 aromatic heterocycles. The normalized spacial score (nSPS) is 11.7. The van der Waals surface area contributed by atoms with E-state index < -0.39 is 0 Å². The quantitative estimate of drug-likeness (QED) is 0.580. The molecule has 0 amide bonds. The largest absolute Gasteiger partial charge is 0.379 e. The maximum Gasteiger partial charge on any atom is 0.249 e. The van der Waals surface area contributed by atoms with E-state index in [4.69, 9.17) is 7.98 Å². The van der Waals surface area contributed by atoms with E-state index in [0.717, 1.165) is 15.7 Å². The van der Waals surface area contributed by atoms with E-state index in [1.54, 1.807) is 29.2 Å². The molecule has 1 aromatic carbocycles. The Labute approximate surface area is 153 Å². The maximum atomic E-state index is 12.8. The smallest absolute Gasteiger partial charge is 0.249 e. The number of aromatic nitrogens is 4. The molecule has 0 aliphatic heterocycles. The second-order valence-corrected chi connectivity index (χ2v) is 6.14. The third-order valence-corrected chi connectivity index (χ3v) is 3.85. The van der Waals surface area contributed by atoms with Crippen LogP contribution in [0, 0.1) is 11.8 Å². The van der Waals surface area contributed by atoms with Crippen molar-refractivity contribution in [3.8, 4) is 11.8 Å². The number of rotatable bonds is 3. The van der Waals surface area contributed by atoms with Crippen LogP contribution in [-0.4, -0.2) is 27.2 Å². The number of nitrogens with one attached hydrogen (secondary N) is 1. The maximum absolute atomic E-state index is 12.8. The zero-order chi connectivity index (χ0) is 18.8. The van der Waals surface area contributed by atoms with Gasteiger partial charge in [0.25, 0.3) is 0 Å². The van der Waals surface area contributed by atoms with Crippen LogP contribution in [0.4, 0.5) is 0 Å². The zero-order valence-corrected chi connectivity index (χ0v) is 14.9. The van der Waals surface area contributed by atoms with E-state index in [1.807, 2.05) is 27.0 Å². The summed E-state index contributed by atoms with van der Waals surface area (Å²) in [7, 11) is 7.84. The first-order chi connectivity index (χ1) is 12.4. The van der Waals surface area contributed by atoms with Gasteiger partial charge in [0, 0.05) is 24.5 Å². The lowest BCUT2D eigenvalue weighted by Crippen LogP contribution is -2.30. The van der Waals surface area contributed by atoms with Gasteiger partial charge in [-0.15, -0.1) is 0 Å². The van der Waals surface area contributed by atoms with Crippen molar-refractivity contribution < 1.29 is 0 Å². The van der Waals surface area contributed by atoms with E-state index in [2.05, 4.69) is 33.8 Å². The number of aryl methyl sites for hydroxylation is 1. The summed E-state index contributed by atoms with van der Waals surface area (Å²) in [6.45, 7) is 7.52. The Balaban J connectivity index is 2.14. The highest BCUT2D eigenvalue weighted by molar-refractivity contribution is 6.07. The van der Waals surface area contributed by atoms with Gasteiger partial charge in [-0.05, 0) is 26.0 Å². The molecule has 2 radical (unpaired) electrons. The van der Waals surface area contributed by atoms with Gasteiger partial charge in [0.05, 0.1) is 28.7 Å². The van der Waals surface area contributed by atoms with Crippen molar-refractivity contribution in [2.24, 2.45) is 7.05 Å². The van der Waals surface area contributed by atoms with Gasteiger partial charge in [0.15, 0.2) is 0 Å². The molecule has 0 fully saturated rings. The van der Waals surface area contributed by atoms with E-state index >= 15 is 0 Å². The number of hydrogen-bond acceptors (Lipinski definition) is 4. The summed E-state index contributed by atoms with van der Waals surface area (Å²) in [5.41, 5.74) is 2.33. The molecular formula is C19H18BN5O. The second-order valence-electron chi connectivity index (χ2n) is 6.14. The molecule has 0 saturated heterocycles. The zero-order valence-electron chi connectivity index (χ0n) is 14.9. The average Bonchev–Trinajstić information content (AvgIpc) is 3.00. The molecule has 7 heteroatoms. The monoisotopic (exact) mass is 343 g/mol. The summed E-state index contributed by atoms with van der Waals surface area (Å²) < 4.78 is 2.74. The molecule has 2 heterocycles. The number of benzene rings is 1. The van der Waals surface area contributed by atoms with Crippen LogP contribution in [0.5, 0.6) is 0 Å². The van der Waals surface area contributed by atoms with Crippen LogP contribution in [0.1, 0.15) is 36.8 Å². The Bertz CT molecular complexity index is 1120. The van der Waals surface area contributed by atoms with E-state index in [1.165, 1.54) is 0 Å². The number of nitrogens with zero attached hydrogens (tertiary/aromatic N) is 4. The van der Waals surface area contributed by atoms with Gasteiger partial charge in [0.2, 0.25) is 13.5 Å². The number of hydrogen-bond donors (Lipinski definition) is 1.